The molecule has 0 aliphatic rings. The van der Waals surface area contributed by atoms with Gasteiger partial charge in [0.15, 0.2) is 0 Å². The largest absolute Gasteiger partial charge is 0.480 e. The van der Waals surface area contributed by atoms with E-state index in [-0.39, 0.29) is 0 Å². The summed E-state index contributed by atoms with van der Waals surface area (Å²) in [5.74, 6) is -1.00. The van der Waals surface area contributed by atoms with Gasteiger partial charge in [0.2, 0.25) is 0 Å². The molecule has 0 aromatic carbocycles. The lowest BCUT2D eigenvalue weighted by molar-refractivity contribution is -0.138. The van der Waals surface area contributed by atoms with Crippen molar-refractivity contribution < 1.29 is 9.90 Å². The van der Waals surface area contributed by atoms with Gasteiger partial charge in [-0.05, 0) is 12.1 Å². The third-order valence-corrected chi connectivity index (χ3v) is 3.76. The lowest BCUT2D eigenvalue weighted by Crippen LogP contribution is -2.31. The predicted molar refractivity (Wildman–Crippen MR) is 63.9 cm³/mol. The third kappa shape index (κ3) is 2.16. The van der Waals surface area contributed by atoms with E-state index in [1.807, 2.05) is 6.07 Å². The average molecular weight is 257 g/mol. The summed E-state index contributed by atoms with van der Waals surface area (Å²) >= 11 is 7.42. The number of carboxylic acids is 1. The van der Waals surface area contributed by atoms with Crippen LogP contribution >= 0.6 is 22.9 Å². The highest BCUT2D eigenvalue weighted by molar-refractivity contribution is 7.19. The maximum Gasteiger partial charge on any atom is 0.320 e. The summed E-state index contributed by atoms with van der Waals surface area (Å²) in [6.45, 7) is 0. The van der Waals surface area contributed by atoms with Gasteiger partial charge in [0.05, 0.1) is 15.2 Å². The molecule has 1 unspecified atom stereocenters. The molecule has 2 heterocycles. The van der Waals surface area contributed by atoms with Crippen molar-refractivity contribution in [2.24, 2.45) is 5.73 Å². The van der Waals surface area contributed by atoms with Gasteiger partial charge in [-0.1, -0.05) is 11.6 Å². The van der Waals surface area contributed by atoms with Gasteiger partial charge in [0.1, 0.15) is 6.04 Å². The molecule has 0 saturated carbocycles. The minimum absolute atomic E-state index is 0.298. The van der Waals surface area contributed by atoms with Crippen molar-refractivity contribution in [1.29, 1.82) is 0 Å². The Morgan fingerprint density at radius 3 is 3.06 bits per heavy atom. The number of rotatable bonds is 3. The molecule has 2 aromatic heterocycles. The maximum atomic E-state index is 10.6. The van der Waals surface area contributed by atoms with Gasteiger partial charge in [-0.3, -0.25) is 9.78 Å². The lowest BCUT2D eigenvalue weighted by atomic mass is 10.2. The Morgan fingerprint density at radius 1 is 1.69 bits per heavy atom. The summed E-state index contributed by atoms with van der Waals surface area (Å²) in [5.41, 5.74) is 6.24. The van der Waals surface area contributed by atoms with Crippen LogP contribution in [0.25, 0.3) is 10.2 Å². The first kappa shape index (κ1) is 11.3. The quantitative estimate of drug-likeness (QED) is 0.880. The molecule has 84 valence electrons. The summed E-state index contributed by atoms with van der Waals surface area (Å²) in [6, 6.07) is 2.66. The van der Waals surface area contributed by atoms with Crippen LogP contribution in [-0.4, -0.2) is 22.1 Å². The molecule has 0 radical (unpaired) electrons. The summed E-state index contributed by atoms with van der Waals surface area (Å²) in [5, 5.41) is 9.34. The zero-order valence-corrected chi connectivity index (χ0v) is 9.76. The molecule has 2 aromatic rings. The van der Waals surface area contributed by atoms with Crippen LogP contribution in [0.5, 0.6) is 0 Å². The Balaban J connectivity index is 2.33. The smallest absolute Gasteiger partial charge is 0.320 e. The second-order valence-corrected chi connectivity index (χ2v) is 4.91. The summed E-state index contributed by atoms with van der Waals surface area (Å²) in [7, 11) is 0. The van der Waals surface area contributed by atoms with Crippen LogP contribution in [0, 0.1) is 0 Å². The first-order chi connectivity index (χ1) is 7.58. The second-order valence-electron chi connectivity index (χ2n) is 3.37. The molecule has 0 saturated heterocycles. The number of nitrogens with zero attached hydrogens (tertiary/aromatic N) is 1. The van der Waals surface area contributed by atoms with Crippen LogP contribution in [0.4, 0.5) is 0 Å². The molecule has 0 aliphatic heterocycles. The zero-order chi connectivity index (χ0) is 11.7. The highest BCUT2D eigenvalue weighted by atomic mass is 35.5. The minimum Gasteiger partial charge on any atom is -0.480 e. The third-order valence-electron chi connectivity index (χ3n) is 2.15. The molecule has 6 heteroatoms. The Hall–Kier alpha value is -1.17. The highest BCUT2D eigenvalue weighted by Gasteiger charge is 2.14. The standard InChI is InChI=1S/C10H9ClN2O2S/c11-6-1-2-13-8-4-5(16-9(6)8)3-7(12)10(14)15/h1-2,4,7H,3,12H2,(H,14,15). The monoisotopic (exact) mass is 256 g/mol. The van der Waals surface area contributed by atoms with Gasteiger partial charge in [-0.2, -0.15) is 0 Å². The molecular formula is C10H9ClN2O2S. The average Bonchev–Trinajstić information content (AvgIpc) is 2.61. The molecular weight excluding hydrogens is 248 g/mol. The zero-order valence-electron chi connectivity index (χ0n) is 8.18. The molecule has 0 amide bonds. The van der Waals surface area contributed by atoms with Gasteiger partial charge in [0, 0.05) is 17.5 Å². The van der Waals surface area contributed by atoms with Crippen molar-refractivity contribution in [1.82, 2.24) is 4.98 Å². The normalized spacial score (nSPS) is 12.9. The molecule has 4 nitrogen and oxygen atoms in total. The van der Waals surface area contributed by atoms with Crippen molar-refractivity contribution in [2.45, 2.75) is 12.5 Å². The first-order valence-electron chi connectivity index (χ1n) is 4.59. The summed E-state index contributed by atoms with van der Waals surface area (Å²) in [4.78, 5) is 15.7. The highest BCUT2D eigenvalue weighted by Crippen LogP contribution is 2.30. The van der Waals surface area contributed by atoms with E-state index in [0.29, 0.717) is 11.4 Å². The summed E-state index contributed by atoms with van der Waals surface area (Å²) in [6.07, 6.45) is 1.92. The van der Waals surface area contributed by atoms with Crippen LogP contribution in [0.1, 0.15) is 4.88 Å². The van der Waals surface area contributed by atoms with Crippen molar-refractivity contribution in [3.05, 3.63) is 28.2 Å². The number of thiophene rings is 1. The van der Waals surface area contributed by atoms with Crippen molar-refractivity contribution in [3.8, 4) is 0 Å². The van der Waals surface area contributed by atoms with Crippen LogP contribution in [0.3, 0.4) is 0 Å². The van der Waals surface area contributed by atoms with Gasteiger partial charge in [-0.25, -0.2) is 0 Å². The number of nitrogens with two attached hydrogens (primary N) is 1. The molecule has 0 fully saturated rings. The van der Waals surface area contributed by atoms with Crippen LogP contribution in [0.15, 0.2) is 18.3 Å². The van der Waals surface area contributed by atoms with Gasteiger partial charge < -0.3 is 10.8 Å². The molecule has 0 spiro atoms. The van der Waals surface area contributed by atoms with Crippen LogP contribution in [0.2, 0.25) is 5.02 Å². The Labute approximate surface area is 101 Å². The molecule has 16 heavy (non-hydrogen) atoms. The van der Waals surface area contributed by atoms with Crippen LogP contribution < -0.4 is 5.73 Å². The number of carbonyl (C=O) groups is 1. The summed E-state index contributed by atoms with van der Waals surface area (Å²) < 4.78 is 0.872. The number of hydrogen-bond acceptors (Lipinski definition) is 4. The Kier molecular flexibility index (Phi) is 3.09. The number of hydrogen-bond donors (Lipinski definition) is 2. The fourth-order valence-corrected chi connectivity index (χ4v) is 2.71. The van der Waals surface area contributed by atoms with E-state index in [1.165, 1.54) is 11.3 Å². The van der Waals surface area contributed by atoms with E-state index in [4.69, 9.17) is 22.4 Å². The molecule has 0 bridgehead atoms. The number of aliphatic carboxylic acids is 1. The van der Waals surface area contributed by atoms with E-state index >= 15 is 0 Å². The van der Waals surface area contributed by atoms with Crippen molar-refractivity contribution >= 4 is 39.1 Å². The van der Waals surface area contributed by atoms with Crippen molar-refractivity contribution in [3.63, 3.8) is 0 Å². The molecule has 0 aliphatic carbocycles. The molecule has 3 N–H and O–H groups in total. The number of pyridine rings is 1. The van der Waals surface area contributed by atoms with E-state index < -0.39 is 12.0 Å². The predicted octanol–water partition coefficient (Wildman–Crippen LogP) is 1.90. The fraction of sp³-hybridized carbons (Fsp3) is 0.200. The van der Waals surface area contributed by atoms with E-state index in [0.717, 1.165) is 15.1 Å². The van der Waals surface area contributed by atoms with Gasteiger partial charge >= 0.3 is 5.97 Å². The second kappa shape index (κ2) is 4.37. The topological polar surface area (TPSA) is 76.2 Å². The van der Waals surface area contributed by atoms with Gasteiger partial charge in [-0.15, -0.1) is 11.3 Å². The number of aromatic nitrogens is 1. The maximum absolute atomic E-state index is 10.6. The first-order valence-corrected chi connectivity index (χ1v) is 5.78. The number of carboxylic acid groups (broad SMARTS) is 1. The lowest BCUT2D eigenvalue weighted by Gasteiger charge is -2.02. The van der Waals surface area contributed by atoms with Crippen LogP contribution in [-0.2, 0) is 11.2 Å². The Bertz CT molecular complexity index is 541. The molecule has 2 rings (SSSR count). The number of halogens is 1. The van der Waals surface area contributed by atoms with Gasteiger partial charge in [0.25, 0.3) is 0 Å². The molecule has 1 atom stereocenters. The fourth-order valence-electron chi connectivity index (χ4n) is 1.36. The van der Waals surface area contributed by atoms with Crippen molar-refractivity contribution in [2.75, 3.05) is 0 Å². The van der Waals surface area contributed by atoms with E-state index in [9.17, 15) is 4.79 Å². The SMILES string of the molecule is NC(Cc1cc2nccc(Cl)c2s1)C(=O)O. The van der Waals surface area contributed by atoms with E-state index in [1.54, 1.807) is 12.3 Å². The minimum atomic E-state index is -1.00. The Morgan fingerprint density at radius 2 is 2.44 bits per heavy atom. The number of fused-ring (bicyclic) bond motifs is 1. The van der Waals surface area contributed by atoms with E-state index in [2.05, 4.69) is 4.98 Å².